The Balaban J connectivity index is 1.41. The molecule has 2 saturated carbocycles. The van der Waals surface area contributed by atoms with Crippen LogP contribution in [0.2, 0.25) is 0 Å². The average Bonchev–Trinajstić information content (AvgIpc) is 2.90. The van der Waals surface area contributed by atoms with Crippen LogP contribution in [0.4, 0.5) is 5.95 Å². The number of hydrogen-bond acceptors (Lipinski definition) is 6. The van der Waals surface area contributed by atoms with Gasteiger partial charge in [-0.3, -0.25) is 4.79 Å². The van der Waals surface area contributed by atoms with Crippen molar-refractivity contribution >= 4 is 21.9 Å². The Hall–Kier alpha value is -3.30. The van der Waals surface area contributed by atoms with Crippen molar-refractivity contribution < 1.29 is 18.3 Å². The Morgan fingerprint density at radius 3 is 2.33 bits per heavy atom. The Kier molecular flexibility index (Phi) is 8.09. The molecule has 1 aliphatic heterocycles. The van der Waals surface area contributed by atoms with E-state index in [9.17, 15) is 18.3 Å². The summed E-state index contributed by atoms with van der Waals surface area (Å²) in [7, 11) is -4.07. The van der Waals surface area contributed by atoms with Crippen LogP contribution in [0.1, 0.15) is 93.4 Å². The molecule has 3 aliphatic rings. The van der Waals surface area contributed by atoms with Crippen LogP contribution >= 0.6 is 0 Å². The summed E-state index contributed by atoms with van der Waals surface area (Å²) in [5.41, 5.74) is 4.35. The van der Waals surface area contributed by atoms with Crippen molar-refractivity contribution in [1.29, 1.82) is 0 Å². The molecule has 8 nitrogen and oxygen atoms in total. The molecule has 2 heterocycles. The molecule has 9 heteroatoms. The van der Waals surface area contributed by atoms with E-state index in [0.717, 1.165) is 54.5 Å². The number of carbonyl (C=O) groups excluding carboxylic acids is 1. The normalized spacial score (nSPS) is 26.3. The highest BCUT2D eigenvalue weighted by Gasteiger charge is 2.58. The van der Waals surface area contributed by atoms with E-state index in [0.29, 0.717) is 30.0 Å². The first-order valence-electron chi connectivity index (χ1n) is 16.3. The molecule has 240 valence electrons. The minimum atomic E-state index is -4.07. The fraction of sp³-hybridized carbons (Fsp3) is 0.528. The molecule has 0 saturated heterocycles. The summed E-state index contributed by atoms with van der Waals surface area (Å²) in [6.07, 6.45) is 5.89. The number of amides is 1. The highest BCUT2D eigenvalue weighted by atomic mass is 32.2. The summed E-state index contributed by atoms with van der Waals surface area (Å²) in [6, 6.07) is 14.4. The van der Waals surface area contributed by atoms with Crippen molar-refractivity contribution in [3.63, 3.8) is 0 Å². The molecule has 6 rings (SSSR count). The van der Waals surface area contributed by atoms with Crippen molar-refractivity contribution in [3.8, 4) is 11.3 Å². The Bertz CT molecular complexity index is 1690. The highest BCUT2D eigenvalue weighted by Crippen LogP contribution is 2.62. The van der Waals surface area contributed by atoms with E-state index in [4.69, 9.17) is 4.98 Å². The molecule has 4 bridgehead atoms. The number of sulfonamides is 1. The van der Waals surface area contributed by atoms with Crippen molar-refractivity contribution in [2.75, 3.05) is 4.72 Å². The Morgan fingerprint density at radius 2 is 1.69 bits per heavy atom. The molecule has 2 aliphatic carbocycles. The van der Waals surface area contributed by atoms with Gasteiger partial charge in [-0.1, -0.05) is 38.1 Å². The number of carbonyl (C=O) groups is 1. The number of fused-ring (bicyclic) bond motifs is 4. The fourth-order valence-corrected chi connectivity index (χ4v) is 8.95. The first-order valence-corrected chi connectivity index (χ1v) is 17.7. The van der Waals surface area contributed by atoms with E-state index in [1.54, 1.807) is 12.1 Å². The summed E-state index contributed by atoms with van der Waals surface area (Å²) in [6.45, 7) is 12.2. The van der Waals surface area contributed by atoms with Crippen molar-refractivity contribution in [2.24, 2.45) is 17.3 Å². The minimum absolute atomic E-state index is 0.00711. The standard InChI is InChI=1S/C36H46N4O4S/c1-22(2)15-28-14-13-27-17-31(32-23(3)9-7-10-24(32)4)38-34(37-27)39-45(43,44)30-12-8-11-25(16-30)33(41)40(28)29-20-36(21-29)18-26(19-36)35(5,6)42/h7-12,16-17,22,26,28-29,42H,13-15,18-21H2,1-6H3,(H,37,38,39)/t26-,28-,29-,36?/m0/s1. The van der Waals surface area contributed by atoms with Crippen molar-refractivity contribution in [3.05, 3.63) is 70.9 Å². The van der Waals surface area contributed by atoms with E-state index in [-0.39, 0.29) is 40.2 Å². The zero-order chi connectivity index (χ0) is 32.3. The first kappa shape index (κ1) is 31.7. The van der Waals surface area contributed by atoms with Gasteiger partial charge in [-0.25, -0.2) is 23.1 Å². The SMILES string of the molecule is Cc1cccc(C)c1-c1cc2nc(n1)NS(=O)(=O)c1cccc(c1)C(=O)N([C@H]1CC3(C1)C[C@H](C(C)(C)O)C3)[C@H](CC(C)C)CC2. The van der Waals surface area contributed by atoms with Crippen molar-refractivity contribution in [2.45, 2.75) is 109 Å². The quantitative estimate of drug-likeness (QED) is 0.325. The molecule has 1 spiro atoms. The molecule has 1 amide bonds. The molecule has 0 unspecified atom stereocenters. The number of aryl methyl sites for hydroxylation is 3. The molecular formula is C36H46N4O4S. The van der Waals surface area contributed by atoms with Crippen LogP contribution in [0.5, 0.6) is 0 Å². The van der Waals surface area contributed by atoms with Gasteiger partial charge in [0.25, 0.3) is 15.9 Å². The summed E-state index contributed by atoms with van der Waals surface area (Å²) in [5, 5.41) is 10.6. The van der Waals surface area contributed by atoms with Gasteiger partial charge >= 0.3 is 0 Å². The smallest absolute Gasteiger partial charge is 0.264 e. The molecule has 2 aromatic carbocycles. The second-order valence-electron chi connectivity index (χ2n) is 14.8. The number of nitrogens with one attached hydrogen (secondary N) is 1. The molecule has 45 heavy (non-hydrogen) atoms. The molecule has 2 N–H and O–H groups in total. The maximum Gasteiger partial charge on any atom is 0.264 e. The zero-order valence-corrected chi connectivity index (χ0v) is 28.1. The summed E-state index contributed by atoms with van der Waals surface area (Å²) >= 11 is 0. The second kappa shape index (κ2) is 11.5. The molecule has 0 radical (unpaired) electrons. The van der Waals surface area contributed by atoms with E-state index < -0.39 is 15.6 Å². The van der Waals surface area contributed by atoms with Crippen LogP contribution in [0.25, 0.3) is 11.3 Å². The number of hydrogen-bond donors (Lipinski definition) is 2. The van der Waals surface area contributed by atoms with Crippen LogP contribution in [-0.4, -0.2) is 52.0 Å². The van der Waals surface area contributed by atoms with E-state index in [1.807, 2.05) is 52.0 Å². The lowest BCUT2D eigenvalue weighted by atomic mass is 9.47. The predicted molar refractivity (Wildman–Crippen MR) is 176 cm³/mol. The molecular weight excluding hydrogens is 584 g/mol. The summed E-state index contributed by atoms with van der Waals surface area (Å²) in [5.74, 6) is 0.552. The van der Waals surface area contributed by atoms with E-state index >= 15 is 0 Å². The van der Waals surface area contributed by atoms with E-state index in [2.05, 4.69) is 28.5 Å². The van der Waals surface area contributed by atoms with Crippen LogP contribution in [0.15, 0.2) is 53.4 Å². The maximum absolute atomic E-state index is 14.4. The molecule has 1 aromatic heterocycles. The number of rotatable bonds is 5. The number of aliphatic hydroxyl groups is 1. The second-order valence-corrected chi connectivity index (χ2v) is 16.5. The van der Waals surface area contributed by atoms with Gasteiger partial charge in [-0.15, -0.1) is 0 Å². The van der Waals surface area contributed by atoms with Gasteiger partial charge in [0.15, 0.2) is 0 Å². The predicted octanol–water partition coefficient (Wildman–Crippen LogP) is 6.69. The average molecular weight is 631 g/mol. The Labute approximate surface area is 267 Å². The van der Waals surface area contributed by atoms with Gasteiger partial charge in [0, 0.05) is 28.9 Å². The molecule has 3 aromatic rings. The zero-order valence-electron chi connectivity index (χ0n) is 27.3. The van der Waals surface area contributed by atoms with Crippen LogP contribution in [0, 0.1) is 31.1 Å². The minimum Gasteiger partial charge on any atom is -0.390 e. The van der Waals surface area contributed by atoms with Gasteiger partial charge < -0.3 is 10.0 Å². The first-order chi connectivity index (χ1) is 21.1. The van der Waals surface area contributed by atoms with E-state index in [1.165, 1.54) is 12.1 Å². The summed E-state index contributed by atoms with van der Waals surface area (Å²) in [4.78, 5) is 25.9. The lowest BCUT2D eigenvalue weighted by molar-refractivity contribution is -0.146. The van der Waals surface area contributed by atoms with Crippen molar-refractivity contribution in [1.82, 2.24) is 14.9 Å². The lowest BCUT2D eigenvalue weighted by Gasteiger charge is -2.63. The third-order valence-corrected chi connectivity index (χ3v) is 11.7. The van der Waals surface area contributed by atoms with Gasteiger partial charge in [0.05, 0.1) is 16.2 Å². The summed E-state index contributed by atoms with van der Waals surface area (Å²) < 4.78 is 29.9. The Morgan fingerprint density at radius 1 is 1.02 bits per heavy atom. The number of nitrogens with zero attached hydrogens (tertiary/aromatic N) is 3. The maximum atomic E-state index is 14.4. The number of benzene rings is 2. The van der Waals surface area contributed by atoms with Gasteiger partial charge in [-0.2, -0.15) is 0 Å². The van der Waals surface area contributed by atoms with Gasteiger partial charge in [0.1, 0.15) is 0 Å². The number of anilines is 1. The van der Waals surface area contributed by atoms with Crippen LogP contribution in [0.3, 0.4) is 0 Å². The highest BCUT2D eigenvalue weighted by molar-refractivity contribution is 7.92. The van der Waals surface area contributed by atoms with Crippen LogP contribution in [-0.2, 0) is 16.4 Å². The fourth-order valence-electron chi connectivity index (χ4n) is 7.96. The molecule has 1 atom stereocenters. The monoisotopic (exact) mass is 630 g/mol. The topological polar surface area (TPSA) is 112 Å². The third-order valence-electron chi connectivity index (χ3n) is 10.3. The van der Waals surface area contributed by atoms with Gasteiger partial charge in [-0.05, 0) is 125 Å². The van der Waals surface area contributed by atoms with Crippen LogP contribution < -0.4 is 4.72 Å². The third kappa shape index (κ3) is 6.26. The largest absolute Gasteiger partial charge is 0.390 e. The lowest BCUT2D eigenvalue weighted by Crippen LogP contribution is -2.62. The van der Waals surface area contributed by atoms with Gasteiger partial charge in [0.2, 0.25) is 5.95 Å². The molecule has 2 fully saturated rings. The number of aromatic nitrogens is 2.